The highest BCUT2D eigenvalue weighted by Crippen LogP contribution is 2.15. The number of hydrogen-bond acceptors (Lipinski definition) is 4. The van der Waals surface area contributed by atoms with Crippen molar-refractivity contribution < 1.29 is 18.0 Å². The molecule has 0 aromatic heterocycles. The molecule has 26 heavy (non-hydrogen) atoms. The van der Waals surface area contributed by atoms with Gasteiger partial charge in [0, 0.05) is 25.6 Å². The van der Waals surface area contributed by atoms with E-state index < -0.39 is 22.1 Å². The lowest BCUT2D eigenvalue weighted by atomic mass is 10.0. The number of primary amides is 1. The largest absolute Gasteiger partial charge is 0.352 e. The molecule has 0 radical (unpaired) electrons. The lowest BCUT2D eigenvalue weighted by Crippen LogP contribution is -2.54. The molecule has 0 bridgehead atoms. The molecule has 4 N–H and O–H groups in total. The monoisotopic (exact) mass is 382 g/mol. The Bertz CT molecular complexity index is 716. The minimum Gasteiger partial charge on any atom is -0.352 e. The number of sulfonamides is 1. The van der Waals surface area contributed by atoms with Crippen LogP contribution < -0.4 is 16.4 Å². The SMILES string of the molecule is CCS(=O)(=O)N1CCC(NC(=O)[C@@H](Cc2ccccc2)NC(N)=O)CC1. The van der Waals surface area contributed by atoms with Gasteiger partial charge < -0.3 is 16.4 Å². The van der Waals surface area contributed by atoms with E-state index in [1.807, 2.05) is 30.3 Å². The van der Waals surface area contributed by atoms with Gasteiger partial charge in [-0.05, 0) is 25.3 Å². The Kier molecular flexibility index (Phi) is 6.98. The smallest absolute Gasteiger partial charge is 0.312 e. The summed E-state index contributed by atoms with van der Waals surface area (Å²) in [4.78, 5) is 23.8. The van der Waals surface area contributed by atoms with Crippen LogP contribution in [-0.4, -0.2) is 55.6 Å². The first-order valence-corrected chi connectivity index (χ1v) is 10.3. The first kappa shape index (κ1) is 20.2. The Morgan fingerprint density at radius 2 is 1.85 bits per heavy atom. The Balaban J connectivity index is 1.94. The van der Waals surface area contributed by atoms with Gasteiger partial charge >= 0.3 is 6.03 Å². The standard InChI is InChI=1S/C17H26N4O4S/c1-2-26(24,25)21-10-8-14(9-11-21)19-16(22)15(20-17(18)23)12-13-6-4-3-5-7-13/h3-7,14-15H,2,8-12H2,1H3,(H,19,22)(H3,18,20,23)/t15-/m1/s1. The maximum atomic E-state index is 12.6. The molecule has 1 aliphatic rings. The molecule has 1 aromatic carbocycles. The molecule has 3 amide bonds. The second kappa shape index (κ2) is 9.00. The number of amides is 3. The minimum absolute atomic E-state index is 0.0751. The van der Waals surface area contributed by atoms with Gasteiger partial charge in [0.25, 0.3) is 0 Å². The zero-order chi connectivity index (χ0) is 19.2. The number of piperidine rings is 1. The fraction of sp³-hybridized carbons (Fsp3) is 0.529. The number of nitrogens with one attached hydrogen (secondary N) is 2. The van der Waals surface area contributed by atoms with Crippen LogP contribution in [0.4, 0.5) is 4.79 Å². The molecule has 8 nitrogen and oxygen atoms in total. The van der Waals surface area contributed by atoms with Crippen LogP contribution in [0.15, 0.2) is 30.3 Å². The fourth-order valence-electron chi connectivity index (χ4n) is 2.99. The van der Waals surface area contributed by atoms with Crippen LogP contribution in [0, 0.1) is 0 Å². The molecule has 1 heterocycles. The zero-order valence-corrected chi connectivity index (χ0v) is 15.7. The van der Waals surface area contributed by atoms with Gasteiger partial charge in [-0.2, -0.15) is 0 Å². The fourth-order valence-corrected chi connectivity index (χ4v) is 4.13. The molecule has 144 valence electrons. The molecule has 1 fully saturated rings. The molecule has 2 rings (SSSR count). The molecule has 9 heteroatoms. The van der Waals surface area contributed by atoms with E-state index in [0.29, 0.717) is 32.4 Å². The third kappa shape index (κ3) is 5.70. The Morgan fingerprint density at radius 3 is 2.38 bits per heavy atom. The average molecular weight is 382 g/mol. The van der Waals surface area contributed by atoms with Crippen molar-refractivity contribution in [3.63, 3.8) is 0 Å². The Morgan fingerprint density at radius 1 is 1.23 bits per heavy atom. The summed E-state index contributed by atoms with van der Waals surface area (Å²) in [6, 6.07) is 7.68. The number of hydrogen-bond donors (Lipinski definition) is 3. The number of rotatable bonds is 7. The van der Waals surface area contributed by atoms with Crippen LogP contribution in [0.5, 0.6) is 0 Å². The second-order valence-electron chi connectivity index (χ2n) is 6.33. The predicted octanol–water partition coefficient (Wildman–Crippen LogP) is 0.196. The van der Waals surface area contributed by atoms with Crippen LogP contribution in [0.3, 0.4) is 0 Å². The van der Waals surface area contributed by atoms with Gasteiger partial charge in [-0.3, -0.25) is 4.79 Å². The van der Waals surface area contributed by atoms with Crippen LogP contribution >= 0.6 is 0 Å². The summed E-state index contributed by atoms with van der Waals surface area (Å²) in [6.07, 6.45) is 1.41. The summed E-state index contributed by atoms with van der Waals surface area (Å²) < 4.78 is 25.2. The summed E-state index contributed by atoms with van der Waals surface area (Å²) in [5.41, 5.74) is 6.10. The third-order valence-electron chi connectivity index (χ3n) is 4.47. The van der Waals surface area contributed by atoms with Crippen molar-refractivity contribution in [2.24, 2.45) is 5.73 Å². The normalized spacial score (nSPS) is 17.4. The van der Waals surface area contributed by atoms with Gasteiger partial charge in [0.05, 0.1) is 5.75 Å². The van der Waals surface area contributed by atoms with Crippen LogP contribution in [-0.2, 0) is 21.2 Å². The van der Waals surface area contributed by atoms with Gasteiger partial charge in [0.15, 0.2) is 0 Å². The molecular formula is C17H26N4O4S. The second-order valence-corrected chi connectivity index (χ2v) is 8.59. The van der Waals surface area contributed by atoms with E-state index in [2.05, 4.69) is 10.6 Å². The molecule has 0 aliphatic carbocycles. The summed E-state index contributed by atoms with van der Waals surface area (Å²) in [5.74, 6) is -0.240. The van der Waals surface area contributed by atoms with Crippen molar-refractivity contribution in [3.05, 3.63) is 35.9 Å². The van der Waals surface area contributed by atoms with Gasteiger partial charge in [-0.1, -0.05) is 30.3 Å². The highest BCUT2D eigenvalue weighted by molar-refractivity contribution is 7.89. The minimum atomic E-state index is -3.20. The van der Waals surface area contributed by atoms with E-state index in [-0.39, 0.29) is 17.7 Å². The predicted molar refractivity (Wildman–Crippen MR) is 98.9 cm³/mol. The molecule has 1 aromatic rings. The number of benzene rings is 1. The maximum Gasteiger partial charge on any atom is 0.312 e. The van der Waals surface area contributed by atoms with E-state index in [4.69, 9.17) is 5.73 Å². The van der Waals surface area contributed by atoms with Gasteiger partial charge in [0.1, 0.15) is 6.04 Å². The number of nitrogens with zero attached hydrogens (tertiary/aromatic N) is 1. The zero-order valence-electron chi connectivity index (χ0n) is 14.8. The Hall–Kier alpha value is -2.13. The van der Waals surface area contributed by atoms with Gasteiger partial charge in [-0.25, -0.2) is 17.5 Å². The quantitative estimate of drug-likeness (QED) is 0.623. The molecule has 0 saturated carbocycles. The molecule has 1 aliphatic heterocycles. The van der Waals surface area contributed by atoms with Crippen molar-refractivity contribution in [2.75, 3.05) is 18.8 Å². The van der Waals surface area contributed by atoms with Crippen molar-refractivity contribution in [1.29, 1.82) is 0 Å². The van der Waals surface area contributed by atoms with E-state index in [1.165, 1.54) is 4.31 Å². The summed E-state index contributed by atoms with van der Waals surface area (Å²) in [6.45, 7) is 2.38. The average Bonchev–Trinajstić information content (AvgIpc) is 2.62. The summed E-state index contributed by atoms with van der Waals surface area (Å²) in [5, 5.41) is 5.38. The van der Waals surface area contributed by atoms with Crippen molar-refractivity contribution in [3.8, 4) is 0 Å². The number of nitrogens with two attached hydrogens (primary N) is 1. The summed E-state index contributed by atoms with van der Waals surface area (Å²) >= 11 is 0. The molecule has 1 saturated heterocycles. The first-order chi connectivity index (χ1) is 12.3. The topological polar surface area (TPSA) is 122 Å². The van der Waals surface area contributed by atoms with Crippen molar-refractivity contribution in [1.82, 2.24) is 14.9 Å². The van der Waals surface area contributed by atoms with Gasteiger partial charge in [0.2, 0.25) is 15.9 Å². The lowest BCUT2D eigenvalue weighted by molar-refractivity contribution is -0.123. The van der Waals surface area contributed by atoms with Gasteiger partial charge in [-0.15, -0.1) is 0 Å². The van der Waals surface area contributed by atoms with Crippen molar-refractivity contribution in [2.45, 2.75) is 38.3 Å². The van der Waals surface area contributed by atoms with E-state index in [9.17, 15) is 18.0 Å². The summed E-state index contributed by atoms with van der Waals surface area (Å²) in [7, 11) is -3.20. The molecule has 0 spiro atoms. The number of urea groups is 1. The van der Waals surface area contributed by atoms with Crippen LogP contribution in [0.1, 0.15) is 25.3 Å². The third-order valence-corrected chi connectivity index (χ3v) is 6.36. The molecule has 0 unspecified atom stereocenters. The Labute approximate surface area is 154 Å². The number of carbonyl (C=O) groups is 2. The highest BCUT2D eigenvalue weighted by Gasteiger charge is 2.29. The molecule has 1 atom stereocenters. The van der Waals surface area contributed by atoms with E-state index in [1.54, 1.807) is 6.92 Å². The van der Waals surface area contributed by atoms with Crippen molar-refractivity contribution >= 4 is 22.0 Å². The first-order valence-electron chi connectivity index (χ1n) is 8.70. The number of carbonyl (C=O) groups excluding carboxylic acids is 2. The molecular weight excluding hydrogens is 356 g/mol. The van der Waals surface area contributed by atoms with E-state index in [0.717, 1.165) is 5.56 Å². The van der Waals surface area contributed by atoms with Crippen LogP contribution in [0.25, 0.3) is 0 Å². The lowest BCUT2D eigenvalue weighted by Gasteiger charge is -2.32. The van der Waals surface area contributed by atoms with E-state index >= 15 is 0 Å². The highest BCUT2D eigenvalue weighted by atomic mass is 32.2. The maximum absolute atomic E-state index is 12.6. The van der Waals surface area contributed by atoms with Crippen LogP contribution in [0.2, 0.25) is 0 Å².